The minimum Gasteiger partial charge on any atom is -0.497 e. The van der Waals surface area contributed by atoms with E-state index in [9.17, 15) is 8.78 Å². The van der Waals surface area contributed by atoms with Gasteiger partial charge in [-0.15, -0.1) is 0 Å². The first-order valence-corrected chi connectivity index (χ1v) is 4.83. The first kappa shape index (κ1) is 10.2. The summed E-state index contributed by atoms with van der Waals surface area (Å²) >= 11 is 0. The number of ether oxygens (including phenoxy) is 2. The van der Waals surface area contributed by atoms with Crippen molar-refractivity contribution in [1.29, 1.82) is 0 Å². The molecule has 0 radical (unpaired) electrons. The minimum atomic E-state index is -2.77. The lowest BCUT2D eigenvalue weighted by molar-refractivity contribution is -0.0504. The van der Waals surface area contributed by atoms with E-state index in [1.54, 1.807) is 25.3 Å². The molecule has 0 heterocycles. The molecule has 82 valence electrons. The van der Waals surface area contributed by atoms with Crippen LogP contribution in [-0.4, -0.2) is 13.7 Å². The first-order chi connectivity index (χ1) is 7.20. The monoisotopic (exact) mass is 214 g/mol. The molecule has 0 N–H and O–H groups in total. The van der Waals surface area contributed by atoms with Crippen LogP contribution in [0.4, 0.5) is 8.78 Å². The van der Waals surface area contributed by atoms with E-state index in [1.807, 2.05) is 0 Å². The summed E-state index contributed by atoms with van der Waals surface area (Å²) in [6.45, 7) is -2.77. The highest BCUT2D eigenvalue weighted by Gasteiger charge is 2.28. The molecule has 15 heavy (non-hydrogen) atoms. The zero-order chi connectivity index (χ0) is 10.8. The second-order valence-electron chi connectivity index (χ2n) is 3.56. The number of methoxy groups -OCH3 is 1. The van der Waals surface area contributed by atoms with Crippen molar-refractivity contribution >= 4 is 0 Å². The molecule has 0 amide bonds. The quantitative estimate of drug-likeness (QED) is 0.766. The van der Waals surface area contributed by atoms with Gasteiger partial charge < -0.3 is 9.47 Å². The van der Waals surface area contributed by atoms with Crippen LogP contribution in [-0.2, 0) is 0 Å². The normalized spacial score (nSPS) is 15.5. The second kappa shape index (κ2) is 4.04. The third kappa shape index (κ3) is 2.37. The van der Waals surface area contributed by atoms with Gasteiger partial charge in [-0.05, 0) is 37.0 Å². The molecule has 1 aliphatic rings. The number of hydrogen-bond donors (Lipinski definition) is 0. The maximum atomic E-state index is 12.1. The average Bonchev–Trinajstić information content (AvgIpc) is 3.01. The zero-order valence-corrected chi connectivity index (χ0v) is 8.37. The van der Waals surface area contributed by atoms with Crippen molar-refractivity contribution in [2.24, 2.45) is 0 Å². The molecule has 0 bridgehead atoms. The predicted molar refractivity (Wildman–Crippen MR) is 51.6 cm³/mol. The van der Waals surface area contributed by atoms with Crippen molar-refractivity contribution in [2.75, 3.05) is 7.11 Å². The fraction of sp³-hybridized carbons (Fsp3) is 0.455. The van der Waals surface area contributed by atoms with Crippen molar-refractivity contribution in [2.45, 2.75) is 25.4 Å². The molecule has 0 aliphatic heterocycles. The molecule has 2 nitrogen and oxygen atoms in total. The highest BCUT2D eigenvalue weighted by Crippen LogP contribution is 2.45. The van der Waals surface area contributed by atoms with E-state index >= 15 is 0 Å². The standard InChI is InChI=1S/C11H12F2O2/c1-14-8-4-5-10(15-11(12)13)9(6-8)7-2-3-7/h4-7,11H,2-3H2,1H3. The highest BCUT2D eigenvalue weighted by molar-refractivity contribution is 5.44. The Kier molecular flexibility index (Phi) is 2.75. The summed E-state index contributed by atoms with van der Waals surface area (Å²) in [4.78, 5) is 0. The summed E-state index contributed by atoms with van der Waals surface area (Å²) in [5.74, 6) is 1.31. The lowest BCUT2D eigenvalue weighted by atomic mass is 10.1. The summed E-state index contributed by atoms with van der Waals surface area (Å²) in [5.41, 5.74) is 0.828. The van der Waals surface area contributed by atoms with Crippen molar-refractivity contribution in [3.8, 4) is 11.5 Å². The number of halogens is 2. The van der Waals surface area contributed by atoms with E-state index < -0.39 is 6.61 Å². The van der Waals surface area contributed by atoms with Crippen LogP contribution in [0, 0.1) is 0 Å². The van der Waals surface area contributed by atoms with Gasteiger partial charge in [-0.1, -0.05) is 0 Å². The van der Waals surface area contributed by atoms with E-state index in [0.717, 1.165) is 18.4 Å². The van der Waals surface area contributed by atoms with Gasteiger partial charge >= 0.3 is 6.61 Å². The molecular formula is C11H12F2O2. The summed E-state index contributed by atoms with van der Waals surface area (Å²) in [7, 11) is 1.56. The van der Waals surface area contributed by atoms with Gasteiger partial charge in [-0.25, -0.2) is 0 Å². The Morgan fingerprint density at radius 3 is 2.60 bits per heavy atom. The van der Waals surface area contributed by atoms with Crippen LogP contribution in [0.5, 0.6) is 11.5 Å². The van der Waals surface area contributed by atoms with Gasteiger partial charge in [0, 0.05) is 5.56 Å². The lowest BCUT2D eigenvalue weighted by Gasteiger charge is -2.11. The molecular weight excluding hydrogens is 202 g/mol. The fourth-order valence-electron chi connectivity index (χ4n) is 1.57. The Labute approximate surface area is 86.8 Å². The van der Waals surface area contributed by atoms with Gasteiger partial charge in [0.2, 0.25) is 0 Å². The van der Waals surface area contributed by atoms with E-state index in [4.69, 9.17) is 4.74 Å². The smallest absolute Gasteiger partial charge is 0.387 e. The highest BCUT2D eigenvalue weighted by atomic mass is 19.3. The van der Waals surface area contributed by atoms with Crippen LogP contribution in [0.15, 0.2) is 18.2 Å². The molecule has 0 spiro atoms. The molecule has 1 saturated carbocycles. The van der Waals surface area contributed by atoms with Crippen LogP contribution in [0.2, 0.25) is 0 Å². The average molecular weight is 214 g/mol. The maximum Gasteiger partial charge on any atom is 0.387 e. The SMILES string of the molecule is COc1ccc(OC(F)F)c(C2CC2)c1. The lowest BCUT2D eigenvalue weighted by Crippen LogP contribution is -2.04. The Morgan fingerprint density at radius 1 is 1.33 bits per heavy atom. The van der Waals surface area contributed by atoms with Gasteiger partial charge in [0.1, 0.15) is 11.5 Å². The van der Waals surface area contributed by atoms with Crippen LogP contribution in [0.3, 0.4) is 0 Å². The molecule has 0 atom stereocenters. The van der Waals surface area contributed by atoms with Gasteiger partial charge in [0.15, 0.2) is 0 Å². The molecule has 1 aromatic rings. The van der Waals surface area contributed by atoms with Gasteiger partial charge in [0.05, 0.1) is 7.11 Å². The van der Waals surface area contributed by atoms with E-state index in [0.29, 0.717) is 11.7 Å². The fourth-order valence-corrected chi connectivity index (χ4v) is 1.57. The molecule has 4 heteroatoms. The van der Waals surface area contributed by atoms with Gasteiger partial charge in [-0.2, -0.15) is 8.78 Å². The van der Waals surface area contributed by atoms with Crippen molar-refractivity contribution in [1.82, 2.24) is 0 Å². The number of alkyl halides is 2. The zero-order valence-electron chi connectivity index (χ0n) is 8.37. The maximum absolute atomic E-state index is 12.1. The Hall–Kier alpha value is -1.32. The van der Waals surface area contributed by atoms with E-state index in [-0.39, 0.29) is 5.75 Å². The topological polar surface area (TPSA) is 18.5 Å². The predicted octanol–water partition coefficient (Wildman–Crippen LogP) is 3.17. The van der Waals surface area contributed by atoms with Crippen molar-refractivity contribution < 1.29 is 18.3 Å². The largest absolute Gasteiger partial charge is 0.497 e. The van der Waals surface area contributed by atoms with E-state index in [1.165, 1.54) is 0 Å². The third-order valence-corrected chi connectivity index (χ3v) is 2.45. The molecule has 0 saturated heterocycles. The van der Waals surface area contributed by atoms with Gasteiger partial charge in [-0.3, -0.25) is 0 Å². The summed E-state index contributed by atoms with van der Waals surface area (Å²) in [6, 6.07) is 4.94. The van der Waals surface area contributed by atoms with Crippen molar-refractivity contribution in [3.05, 3.63) is 23.8 Å². The number of benzene rings is 1. The molecule has 1 fully saturated rings. The summed E-state index contributed by atoms with van der Waals surface area (Å²) in [5, 5.41) is 0. The molecule has 0 aromatic heterocycles. The van der Waals surface area contributed by atoms with E-state index in [2.05, 4.69) is 4.74 Å². The number of hydrogen-bond acceptors (Lipinski definition) is 2. The second-order valence-corrected chi connectivity index (χ2v) is 3.56. The minimum absolute atomic E-state index is 0.272. The molecule has 0 unspecified atom stereocenters. The molecule has 1 aliphatic carbocycles. The molecule has 2 rings (SSSR count). The van der Waals surface area contributed by atoms with Gasteiger partial charge in [0.25, 0.3) is 0 Å². The molecule has 1 aromatic carbocycles. The van der Waals surface area contributed by atoms with Crippen molar-refractivity contribution in [3.63, 3.8) is 0 Å². The Bertz CT molecular complexity index is 348. The summed E-state index contributed by atoms with van der Waals surface area (Å²) < 4.78 is 33.7. The Balaban J connectivity index is 2.27. The summed E-state index contributed by atoms with van der Waals surface area (Å²) in [6.07, 6.45) is 2.07. The third-order valence-electron chi connectivity index (χ3n) is 2.45. The van der Waals surface area contributed by atoms with Crippen LogP contribution in [0.1, 0.15) is 24.3 Å². The Morgan fingerprint density at radius 2 is 2.07 bits per heavy atom. The van der Waals surface area contributed by atoms with Crippen LogP contribution < -0.4 is 9.47 Å². The van der Waals surface area contributed by atoms with Crippen LogP contribution >= 0.6 is 0 Å². The first-order valence-electron chi connectivity index (χ1n) is 4.83. The number of rotatable bonds is 4. The van der Waals surface area contributed by atoms with Crippen LogP contribution in [0.25, 0.3) is 0 Å².